The first kappa shape index (κ1) is 14.8. The molecule has 0 amide bonds. The number of anilines is 1. The van der Waals surface area contributed by atoms with Crippen molar-refractivity contribution in [3.63, 3.8) is 0 Å². The third-order valence-electron chi connectivity index (χ3n) is 3.38. The summed E-state index contributed by atoms with van der Waals surface area (Å²) in [7, 11) is 5.09. The molecule has 3 nitrogen and oxygen atoms in total. The molecular formula is C15H16NO2S3+. The number of carbonyl (C=O) groups excluding carboxylic acids is 1. The third kappa shape index (κ3) is 2.56. The number of methoxy groups -OCH3 is 1. The van der Waals surface area contributed by atoms with Crippen LogP contribution in [0.3, 0.4) is 0 Å². The zero-order chi connectivity index (χ0) is 15.2. The van der Waals surface area contributed by atoms with Gasteiger partial charge in [0.25, 0.3) is 4.21 Å². The van der Waals surface area contributed by atoms with Crippen LogP contribution in [0.1, 0.15) is 25.6 Å². The van der Waals surface area contributed by atoms with E-state index in [0.717, 1.165) is 21.2 Å². The molecule has 0 aliphatic carbocycles. The van der Waals surface area contributed by atoms with Crippen LogP contribution < -0.4 is 10.1 Å². The number of carbonyl (C=O) groups is 1. The predicted octanol–water partition coefficient (Wildman–Crippen LogP) is 5.07. The average molecular weight is 338 g/mol. The molecule has 2 aromatic rings. The zero-order valence-corrected chi connectivity index (χ0v) is 14.7. The topological polar surface area (TPSA) is 38.3 Å². The molecule has 0 fully saturated rings. The monoisotopic (exact) mass is 338 g/mol. The van der Waals surface area contributed by atoms with Gasteiger partial charge in [0.1, 0.15) is 10.6 Å². The molecule has 21 heavy (non-hydrogen) atoms. The number of fused-ring (bicyclic) bond motifs is 3. The first-order valence-corrected chi connectivity index (χ1v) is 9.50. The Bertz CT molecular complexity index is 722. The quantitative estimate of drug-likeness (QED) is 0.471. The van der Waals surface area contributed by atoms with Gasteiger partial charge in [0.2, 0.25) is 0 Å². The molecule has 1 aromatic heterocycles. The van der Waals surface area contributed by atoms with Crippen LogP contribution in [0.25, 0.3) is 11.1 Å². The number of benzene rings is 1. The van der Waals surface area contributed by atoms with Gasteiger partial charge in [0, 0.05) is 29.9 Å². The van der Waals surface area contributed by atoms with Crippen molar-refractivity contribution in [2.45, 2.75) is 30.5 Å². The van der Waals surface area contributed by atoms with Crippen molar-refractivity contribution in [2.75, 3.05) is 12.4 Å². The highest BCUT2D eigenvalue weighted by Gasteiger charge is 2.40. The van der Waals surface area contributed by atoms with Gasteiger partial charge in [-0.25, -0.2) is 0 Å². The minimum atomic E-state index is -0.131. The Morgan fingerprint density at radius 2 is 2.19 bits per heavy atom. The van der Waals surface area contributed by atoms with Crippen LogP contribution in [0.15, 0.2) is 22.4 Å². The smallest absolute Gasteiger partial charge is 0.309 e. The summed E-state index contributed by atoms with van der Waals surface area (Å²) in [6, 6.07) is 6.05. The summed E-state index contributed by atoms with van der Waals surface area (Å²) < 4.78 is 6.43. The van der Waals surface area contributed by atoms with E-state index in [1.54, 1.807) is 34.7 Å². The van der Waals surface area contributed by atoms with Gasteiger partial charge in [-0.05, 0) is 32.0 Å². The van der Waals surface area contributed by atoms with E-state index in [4.69, 9.17) is 4.74 Å². The molecule has 1 aliphatic heterocycles. The normalized spacial score (nSPS) is 14.9. The predicted molar refractivity (Wildman–Crippen MR) is 91.8 cm³/mol. The van der Waals surface area contributed by atoms with E-state index in [9.17, 15) is 4.79 Å². The lowest BCUT2D eigenvalue weighted by molar-refractivity contribution is -0.109. The van der Waals surface area contributed by atoms with Crippen molar-refractivity contribution in [3.8, 4) is 16.9 Å². The molecule has 1 aromatic carbocycles. The maximum absolute atomic E-state index is 11.5. The lowest BCUT2D eigenvalue weighted by Gasteiger charge is -2.32. The molecule has 110 valence electrons. The van der Waals surface area contributed by atoms with E-state index >= 15 is 0 Å². The summed E-state index contributed by atoms with van der Waals surface area (Å²) in [5, 5.41) is 3.70. The van der Waals surface area contributed by atoms with Crippen LogP contribution in [0, 0.1) is 0 Å². The van der Waals surface area contributed by atoms with Crippen LogP contribution in [-0.4, -0.2) is 12.2 Å². The van der Waals surface area contributed by atoms with Gasteiger partial charge < -0.3 is 10.1 Å². The van der Waals surface area contributed by atoms with Crippen LogP contribution >= 0.6 is 32.4 Å². The highest BCUT2D eigenvalue weighted by molar-refractivity contribution is 8.16. The molecule has 6 heteroatoms. The minimum absolute atomic E-state index is 0.118. The number of rotatable bonds is 2. The van der Waals surface area contributed by atoms with Crippen molar-refractivity contribution < 1.29 is 9.53 Å². The summed E-state index contributed by atoms with van der Waals surface area (Å²) in [4.78, 5) is 12.8. The fourth-order valence-corrected chi connectivity index (χ4v) is 6.88. The summed E-state index contributed by atoms with van der Waals surface area (Å²) in [5.74, 6) is 0.830. The SMILES string of the molecule is COc1ccc2c(c1)-c1c(s[s+]c1SC(C)=O)C(C)(C)N2. The van der Waals surface area contributed by atoms with E-state index in [1.165, 1.54) is 22.2 Å². The number of ether oxygens (including phenoxy) is 1. The summed E-state index contributed by atoms with van der Waals surface area (Å²) in [5.41, 5.74) is 3.25. The third-order valence-corrected chi connectivity index (χ3v) is 7.44. The molecule has 0 unspecified atom stereocenters. The largest absolute Gasteiger partial charge is 0.497 e. The van der Waals surface area contributed by atoms with Crippen molar-refractivity contribution in [1.82, 2.24) is 0 Å². The van der Waals surface area contributed by atoms with E-state index < -0.39 is 0 Å². The fourth-order valence-electron chi connectivity index (χ4n) is 2.46. The molecule has 0 bridgehead atoms. The molecular weight excluding hydrogens is 322 g/mol. The Morgan fingerprint density at radius 1 is 1.43 bits per heavy atom. The van der Waals surface area contributed by atoms with E-state index in [2.05, 4.69) is 19.2 Å². The molecule has 0 spiro atoms. The van der Waals surface area contributed by atoms with Crippen molar-refractivity contribution in [2.24, 2.45) is 0 Å². The van der Waals surface area contributed by atoms with Crippen LogP contribution in [0.4, 0.5) is 5.69 Å². The van der Waals surface area contributed by atoms with Gasteiger partial charge in [-0.1, -0.05) is 0 Å². The van der Waals surface area contributed by atoms with Gasteiger partial charge in [-0.3, -0.25) is 4.79 Å². The van der Waals surface area contributed by atoms with Crippen LogP contribution in [0.2, 0.25) is 0 Å². The second kappa shape index (κ2) is 5.26. The van der Waals surface area contributed by atoms with Crippen molar-refractivity contribution in [1.29, 1.82) is 0 Å². The Morgan fingerprint density at radius 3 is 2.86 bits per heavy atom. The maximum atomic E-state index is 11.5. The van der Waals surface area contributed by atoms with E-state index in [1.807, 2.05) is 18.2 Å². The zero-order valence-electron chi connectivity index (χ0n) is 12.3. The molecule has 0 saturated carbocycles. The highest BCUT2D eigenvalue weighted by Crippen LogP contribution is 2.53. The Balaban J connectivity index is 2.23. The lowest BCUT2D eigenvalue weighted by atomic mass is 9.90. The number of nitrogens with one attached hydrogen (secondary N) is 1. The van der Waals surface area contributed by atoms with Gasteiger partial charge in [-0.15, -0.1) is 0 Å². The van der Waals surface area contributed by atoms with Gasteiger partial charge in [-0.2, -0.15) is 0 Å². The second-order valence-corrected chi connectivity index (χ2v) is 9.01. The minimum Gasteiger partial charge on any atom is -0.497 e. The molecule has 0 radical (unpaired) electrons. The van der Waals surface area contributed by atoms with Gasteiger partial charge in [0.05, 0.1) is 18.2 Å². The first-order chi connectivity index (χ1) is 9.92. The molecule has 2 heterocycles. The highest BCUT2D eigenvalue weighted by atomic mass is 32.9. The number of thioether (sulfide) groups is 1. The Hall–Kier alpha value is -1.11. The standard InChI is InChI=1S/C15H16NO2S3/c1-8(17)19-14-12-10-7-9(18-4)5-6-11(10)16-15(2,3)13(12)20-21-14/h5-7,16H,1-4H3/q+1. The van der Waals surface area contributed by atoms with Crippen LogP contribution in [0.5, 0.6) is 5.75 Å². The van der Waals surface area contributed by atoms with E-state index in [0.29, 0.717) is 0 Å². The summed E-state index contributed by atoms with van der Waals surface area (Å²) in [6.45, 7) is 5.95. The molecule has 0 saturated heterocycles. The van der Waals surface area contributed by atoms with Gasteiger partial charge >= 0.3 is 10.3 Å². The molecule has 3 rings (SSSR count). The maximum Gasteiger partial charge on any atom is 0.309 e. The number of hydrogen-bond donors (Lipinski definition) is 1. The van der Waals surface area contributed by atoms with Crippen molar-refractivity contribution in [3.05, 3.63) is 23.1 Å². The summed E-state index contributed by atoms with van der Waals surface area (Å²) in [6.07, 6.45) is 0. The Kier molecular flexibility index (Phi) is 3.71. The fraction of sp³-hybridized carbons (Fsp3) is 0.333. The molecule has 1 aliphatic rings. The average Bonchev–Trinajstić information content (AvgIpc) is 2.82. The van der Waals surface area contributed by atoms with E-state index in [-0.39, 0.29) is 10.7 Å². The Labute approximate surface area is 135 Å². The van der Waals surface area contributed by atoms with Crippen molar-refractivity contribution >= 4 is 43.2 Å². The first-order valence-electron chi connectivity index (χ1n) is 6.54. The second-order valence-electron chi connectivity index (χ2n) is 5.41. The van der Waals surface area contributed by atoms with Gasteiger partial charge in [0.15, 0.2) is 15.5 Å². The van der Waals surface area contributed by atoms with Crippen LogP contribution in [-0.2, 0) is 10.3 Å². The number of hydrogen-bond acceptors (Lipinski definition) is 5. The summed E-state index contributed by atoms with van der Waals surface area (Å²) >= 11 is 1.32. The lowest BCUT2D eigenvalue weighted by Crippen LogP contribution is -2.30. The molecule has 1 N–H and O–H groups in total. The molecule has 0 atom stereocenters.